The molecule has 0 amide bonds. The third-order valence-electron chi connectivity index (χ3n) is 2.91. The number of aryl methyl sites for hydroxylation is 1. The molecule has 0 bridgehead atoms. The molecule has 1 aromatic rings. The van der Waals surface area contributed by atoms with E-state index in [0.29, 0.717) is 0 Å². The van der Waals surface area contributed by atoms with Crippen LogP contribution in [0.1, 0.15) is 31.4 Å². The van der Waals surface area contributed by atoms with Gasteiger partial charge in [-0.05, 0) is 38.1 Å². The second kappa shape index (κ2) is 7.45. The Balaban J connectivity index is 2.32. The lowest BCUT2D eigenvalue weighted by molar-refractivity contribution is 0.450. The van der Waals surface area contributed by atoms with E-state index in [0.717, 1.165) is 24.5 Å². The zero-order valence-corrected chi connectivity index (χ0v) is 12.3. The van der Waals surface area contributed by atoms with Crippen molar-refractivity contribution in [2.75, 3.05) is 12.3 Å². The molecule has 0 aliphatic rings. The van der Waals surface area contributed by atoms with E-state index in [1.165, 1.54) is 11.1 Å². The van der Waals surface area contributed by atoms with Crippen LogP contribution in [0.3, 0.4) is 0 Å². The predicted molar refractivity (Wildman–Crippen MR) is 79.7 cm³/mol. The van der Waals surface area contributed by atoms with E-state index in [2.05, 4.69) is 42.6 Å². The Morgan fingerprint density at radius 2 is 2.22 bits per heavy atom. The summed E-state index contributed by atoms with van der Waals surface area (Å²) < 4.78 is 0. The number of nitrogens with one attached hydrogen (secondary N) is 1. The van der Waals surface area contributed by atoms with Crippen LogP contribution in [-0.2, 0) is 5.75 Å². The van der Waals surface area contributed by atoms with Crippen LogP contribution >= 0.6 is 11.8 Å². The zero-order chi connectivity index (χ0) is 13.4. The molecule has 0 aromatic heterocycles. The van der Waals surface area contributed by atoms with Crippen molar-refractivity contribution in [2.45, 2.75) is 38.5 Å². The second-order valence-corrected chi connectivity index (χ2v) is 5.87. The van der Waals surface area contributed by atoms with Crippen molar-refractivity contribution >= 4 is 11.8 Å². The standard InChI is InChI=1S/C15H22N2S/c1-4-17-15(3,12-16)8-9-18-11-14-7-5-6-13(2)10-14/h5-7,10,17H,4,8-9,11H2,1-3H3. The van der Waals surface area contributed by atoms with Gasteiger partial charge in [0.05, 0.1) is 6.07 Å². The van der Waals surface area contributed by atoms with Gasteiger partial charge in [-0.1, -0.05) is 36.8 Å². The summed E-state index contributed by atoms with van der Waals surface area (Å²) in [5.74, 6) is 2.03. The monoisotopic (exact) mass is 262 g/mol. The van der Waals surface area contributed by atoms with Crippen LogP contribution in [0.25, 0.3) is 0 Å². The maximum absolute atomic E-state index is 9.15. The van der Waals surface area contributed by atoms with Gasteiger partial charge in [-0.3, -0.25) is 5.32 Å². The Morgan fingerprint density at radius 1 is 1.44 bits per heavy atom. The van der Waals surface area contributed by atoms with Gasteiger partial charge in [0.25, 0.3) is 0 Å². The number of hydrogen-bond acceptors (Lipinski definition) is 3. The lowest BCUT2D eigenvalue weighted by Crippen LogP contribution is -2.41. The van der Waals surface area contributed by atoms with Gasteiger partial charge in [0.1, 0.15) is 5.54 Å². The van der Waals surface area contributed by atoms with Crippen LogP contribution in [-0.4, -0.2) is 17.8 Å². The van der Waals surface area contributed by atoms with E-state index >= 15 is 0 Å². The molecule has 0 aliphatic heterocycles. The maximum Gasteiger partial charge on any atom is 0.104 e. The SMILES string of the molecule is CCNC(C)(C#N)CCSCc1cccc(C)c1. The van der Waals surface area contributed by atoms with Crippen LogP contribution in [0.5, 0.6) is 0 Å². The number of benzene rings is 1. The van der Waals surface area contributed by atoms with Crippen molar-refractivity contribution in [3.05, 3.63) is 35.4 Å². The van der Waals surface area contributed by atoms with Crippen LogP contribution in [0.4, 0.5) is 0 Å². The van der Waals surface area contributed by atoms with Gasteiger partial charge in [0, 0.05) is 5.75 Å². The smallest absolute Gasteiger partial charge is 0.104 e. The molecule has 3 heteroatoms. The third kappa shape index (κ3) is 5.12. The van der Waals surface area contributed by atoms with Crippen molar-refractivity contribution in [3.63, 3.8) is 0 Å². The maximum atomic E-state index is 9.15. The van der Waals surface area contributed by atoms with Gasteiger partial charge in [-0.15, -0.1) is 0 Å². The van der Waals surface area contributed by atoms with Crippen LogP contribution in [0.15, 0.2) is 24.3 Å². The number of nitrogens with zero attached hydrogens (tertiary/aromatic N) is 1. The van der Waals surface area contributed by atoms with Crippen molar-refractivity contribution in [1.82, 2.24) is 5.32 Å². The fraction of sp³-hybridized carbons (Fsp3) is 0.533. The van der Waals surface area contributed by atoms with E-state index in [4.69, 9.17) is 5.26 Å². The molecule has 1 N–H and O–H groups in total. The van der Waals surface area contributed by atoms with Crippen LogP contribution in [0, 0.1) is 18.3 Å². The average Bonchev–Trinajstić information content (AvgIpc) is 2.35. The molecule has 0 saturated heterocycles. The van der Waals surface area contributed by atoms with E-state index in [9.17, 15) is 0 Å². The fourth-order valence-electron chi connectivity index (χ4n) is 1.84. The molecule has 0 heterocycles. The summed E-state index contributed by atoms with van der Waals surface area (Å²) >= 11 is 1.89. The Bertz CT molecular complexity index is 411. The normalized spacial score (nSPS) is 13.9. The number of nitriles is 1. The lowest BCUT2D eigenvalue weighted by atomic mass is 10.0. The van der Waals surface area contributed by atoms with Crippen LogP contribution < -0.4 is 5.32 Å². The van der Waals surface area contributed by atoms with Crippen molar-refractivity contribution in [3.8, 4) is 6.07 Å². The minimum absolute atomic E-state index is 0.381. The van der Waals surface area contributed by atoms with E-state index in [1.807, 2.05) is 25.6 Å². The minimum Gasteiger partial charge on any atom is -0.300 e. The number of thioether (sulfide) groups is 1. The molecule has 0 aliphatic carbocycles. The highest BCUT2D eigenvalue weighted by atomic mass is 32.2. The first-order valence-electron chi connectivity index (χ1n) is 6.39. The lowest BCUT2D eigenvalue weighted by Gasteiger charge is -2.22. The van der Waals surface area contributed by atoms with Crippen molar-refractivity contribution in [1.29, 1.82) is 5.26 Å². The Hall–Kier alpha value is -0.980. The third-order valence-corrected chi connectivity index (χ3v) is 3.94. The molecule has 1 unspecified atom stereocenters. The summed E-state index contributed by atoms with van der Waals surface area (Å²) in [6.45, 7) is 6.97. The summed E-state index contributed by atoms with van der Waals surface area (Å²) in [4.78, 5) is 0. The first-order valence-corrected chi connectivity index (χ1v) is 7.54. The summed E-state index contributed by atoms with van der Waals surface area (Å²) in [7, 11) is 0. The molecule has 0 spiro atoms. The Labute approximate surface area is 115 Å². The second-order valence-electron chi connectivity index (χ2n) is 4.77. The number of hydrogen-bond donors (Lipinski definition) is 1. The largest absolute Gasteiger partial charge is 0.300 e. The molecule has 18 heavy (non-hydrogen) atoms. The highest BCUT2D eigenvalue weighted by Gasteiger charge is 2.21. The molecule has 0 fully saturated rings. The molecule has 0 radical (unpaired) electrons. The van der Waals surface area contributed by atoms with Gasteiger partial charge in [0.15, 0.2) is 0 Å². The summed E-state index contributed by atoms with van der Waals surface area (Å²) in [5.41, 5.74) is 2.29. The molecular formula is C15H22N2S. The predicted octanol–water partition coefficient (Wildman–Crippen LogP) is 3.51. The summed E-state index contributed by atoms with van der Waals surface area (Å²) in [5, 5.41) is 12.4. The molecule has 0 saturated carbocycles. The average molecular weight is 262 g/mol. The van der Waals surface area contributed by atoms with Crippen molar-refractivity contribution < 1.29 is 0 Å². The Kier molecular flexibility index (Phi) is 6.24. The van der Waals surface area contributed by atoms with Gasteiger partial charge in [-0.2, -0.15) is 17.0 Å². The van der Waals surface area contributed by atoms with E-state index in [1.54, 1.807) is 0 Å². The quantitative estimate of drug-likeness (QED) is 0.764. The zero-order valence-electron chi connectivity index (χ0n) is 11.5. The van der Waals surface area contributed by atoms with E-state index < -0.39 is 0 Å². The molecule has 98 valence electrons. The molecule has 2 nitrogen and oxygen atoms in total. The topological polar surface area (TPSA) is 35.8 Å². The highest BCUT2D eigenvalue weighted by Crippen LogP contribution is 2.18. The first kappa shape index (κ1) is 15.1. The van der Waals surface area contributed by atoms with Gasteiger partial charge in [-0.25, -0.2) is 0 Å². The number of rotatable bonds is 7. The Morgan fingerprint density at radius 3 is 2.83 bits per heavy atom. The van der Waals surface area contributed by atoms with Crippen LogP contribution in [0.2, 0.25) is 0 Å². The molecular weight excluding hydrogens is 240 g/mol. The first-order chi connectivity index (χ1) is 8.59. The fourth-order valence-corrected chi connectivity index (χ4v) is 2.95. The van der Waals surface area contributed by atoms with Crippen molar-refractivity contribution in [2.24, 2.45) is 0 Å². The molecule has 1 rings (SSSR count). The van der Waals surface area contributed by atoms with Gasteiger partial charge < -0.3 is 0 Å². The van der Waals surface area contributed by atoms with Gasteiger partial charge in [0.2, 0.25) is 0 Å². The summed E-state index contributed by atoms with van der Waals surface area (Å²) in [6, 6.07) is 11.0. The minimum atomic E-state index is -0.381. The van der Waals surface area contributed by atoms with Gasteiger partial charge >= 0.3 is 0 Å². The summed E-state index contributed by atoms with van der Waals surface area (Å²) in [6.07, 6.45) is 0.883. The highest BCUT2D eigenvalue weighted by molar-refractivity contribution is 7.98. The van der Waals surface area contributed by atoms with E-state index in [-0.39, 0.29) is 5.54 Å². The molecule has 1 atom stereocenters. The molecule has 1 aromatic carbocycles.